The van der Waals surface area contributed by atoms with Gasteiger partial charge in [0.2, 0.25) is 0 Å². The van der Waals surface area contributed by atoms with Crippen molar-refractivity contribution < 1.29 is 0 Å². The van der Waals surface area contributed by atoms with Crippen LogP contribution in [0.25, 0.3) is 0 Å². The van der Waals surface area contributed by atoms with Gasteiger partial charge < -0.3 is 0 Å². The maximum atomic E-state index is 4.42. The van der Waals surface area contributed by atoms with Crippen molar-refractivity contribution in [2.24, 2.45) is 0 Å². The zero-order valence-corrected chi connectivity index (χ0v) is 12.2. The standard InChI is InChI=1S/C15H17NS2/c1-2-14-16-10-15(18-14)17-13-8-7-11-5-3-4-6-12(11)9-13/h7-10H,2-6H2,1H3. The quantitative estimate of drug-likeness (QED) is 0.802. The van der Waals surface area contributed by atoms with Gasteiger partial charge in [-0.2, -0.15) is 0 Å². The van der Waals surface area contributed by atoms with E-state index >= 15 is 0 Å². The number of hydrogen-bond donors (Lipinski definition) is 0. The number of benzene rings is 1. The van der Waals surface area contributed by atoms with Crippen LogP contribution in [0.1, 0.15) is 35.9 Å². The summed E-state index contributed by atoms with van der Waals surface area (Å²) in [5.41, 5.74) is 3.12. The van der Waals surface area contributed by atoms with E-state index < -0.39 is 0 Å². The highest BCUT2D eigenvalue weighted by atomic mass is 32.2. The molecule has 1 aliphatic rings. The second-order valence-corrected chi connectivity index (χ2v) is 7.16. The third-order valence-electron chi connectivity index (χ3n) is 3.37. The average Bonchev–Trinajstić information content (AvgIpc) is 2.86. The molecule has 1 heterocycles. The first-order chi connectivity index (χ1) is 8.85. The Labute approximate surface area is 117 Å². The normalized spacial score (nSPS) is 14.5. The van der Waals surface area contributed by atoms with Crippen LogP contribution < -0.4 is 0 Å². The maximum Gasteiger partial charge on any atom is 0.0934 e. The zero-order chi connectivity index (χ0) is 12.4. The first-order valence-electron chi connectivity index (χ1n) is 6.59. The zero-order valence-electron chi connectivity index (χ0n) is 10.6. The Balaban J connectivity index is 1.80. The van der Waals surface area contributed by atoms with Crippen molar-refractivity contribution in [2.45, 2.75) is 48.1 Å². The Morgan fingerprint density at radius 3 is 2.83 bits per heavy atom. The second-order valence-electron chi connectivity index (χ2n) is 4.67. The molecule has 3 rings (SSSR count). The van der Waals surface area contributed by atoms with Crippen LogP contribution in [0.3, 0.4) is 0 Å². The van der Waals surface area contributed by atoms with Crippen molar-refractivity contribution in [3.63, 3.8) is 0 Å². The van der Waals surface area contributed by atoms with Crippen molar-refractivity contribution in [1.29, 1.82) is 0 Å². The smallest absolute Gasteiger partial charge is 0.0934 e. The van der Waals surface area contributed by atoms with Crippen LogP contribution in [0.5, 0.6) is 0 Å². The molecule has 3 heteroatoms. The molecule has 0 saturated heterocycles. The fourth-order valence-corrected chi connectivity index (χ4v) is 4.40. The van der Waals surface area contributed by atoms with E-state index in [-0.39, 0.29) is 0 Å². The molecule has 1 aliphatic carbocycles. The predicted octanol–water partition coefficient (Wildman–Crippen LogP) is 4.74. The van der Waals surface area contributed by atoms with E-state index in [0.29, 0.717) is 0 Å². The highest BCUT2D eigenvalue weighted by Gasteiger charge is 2.10. The van der Waals surface area contributed by atoms with Crippen molar-refractivity contribution in [3.8, 4) is 0 Å². The van der Waals surface area contributed by atoms with Crippen LogP contribution >= 0.6 is 23.1 Å². The minimum absolute atomic E-state index is 1.04. The second kappa shape index (κ2) is 5.45. The molecule has 0 radical (unpaired) electrons. The van der Waals surface area contributed by atoms with E-state index in [1.807, 2.05) is 29.3 Å². The van der Waals surface area contributed by atoms with E-state index in [2.05, 4.69) is 30.1 Å². The minimum Gasteiger partial charge on any atom is -0.248 e. The molecule has 0 atom stereocenters. The summed E-state index contributed by atoms with van der Waals surface area (Å²) >= 11 is 3.67. The molecule has 2 aromatic rings. The van der Waals surface area contributed by atoms with Crippen molar-refractivity contribution in [3.05, 3.63) is 40.5 Å². The summed E-state index contributed by atoms with van der Waals surface area (Å²) in [6.07, 6.45) is 8.27. The highest BCUT2D eigenvalue weighted by Crippen LogP contribution is 2.34. The first-order valence-corrected chi connectivity index (χ1v) is 8.23. The Hall–Kier alpha value is -0.800. The molecular formula is C15H17NS2. The molecule has 1 nitrogen and oxygen atoms in total. The van der Waals surface area contributed by atoms with Gasteiger partial charge in [0.1, 0.15) is 0 Å². The average molecular weight is 275 g/mol. The van der Waals surface area contributed by atoms with Crippen molar-refractivity contribution >= 4 is 23.1 Å². The molecule has 0 spiro atoms. The van der Waals surface area contributed by atoms with Crippen molar-refractivity contribution in [1.82, 2.24) is 4.98 Å². The SMILES string of the molecule is CCc1ncc(Sc2ccc3c(c2)CCCC3)s1. The summed E-state index contributed by atoms with van der Waals surface area (Å²) < 4.78 is 1.31. The van der Waals surface area contributed by atoms with Crippen LogP contribution in [0, 0.1) is 0 Å². The Morgan fingerprint density at radius 2 is 2.06 bits per heavy atom. The van der Waals surface area contributed by atoms with Gasteiger partial charge in [0.25, 0.3) is 0 Å². The van der Waals surface area contributed by atoms with Gasteiger partial charge in [0, 0.05) is 4.90 Å². The van der Waals surface area contributed by atoms with Crippen LogP contribution in [0.15, 0.2) is 33.5 Å². The number of rotatable bonds is 3. The summed E-state index contributed by atoms with van der Waals surface area (Å²) in [6, 6.07) is 6.96. The molecule has 0 bridgehead atoms. The molecule has 1 aromatic carbocycles. The summed E-state index contributed by atoms with van der Waals surface area (Å²) in [5, 5.41) is 1.23. The van der Waals surface area contributed by atoms with Gasteiger partial charge in [-0.3, -0.25) is 0 Å². The number of hydrogen-bond acceptors (Lipinski definition) is 3. The molecule has 0 aliphatic heterocycles. The van der Waals surface area contributed by atoms with E-state index in [1.54, 1.807) is 11.1 Å². The lowest BCUT2D eigenvalue weighted by atomic mass is 9.92. The van der Waals surface area contributed by atoms with Gasteiger partial charge in [-0.1, -0.05) is 24.8 Å². The van der Waals surface area contributed by atoms with E-state index in [4.69, 9.17) is 0 Å². The molecule has 0 unspecified atom stereocenters. The molecule has 0 amide bonds. The third kappa shape index (κ3) is 2.62. The number of aromatic nitrogens is 1. The monoisotopic (exact) mass is 275 g/mol. The van der Waals surface area contributed by atoms with Gasteiger partial charge in [0.15, 0.2) is 0 Å². The van der Waals surface area contributed by atoms with Gasteiger partial charge in [-0.25, -0.2) is 4.98 Å². The summed E-state index contributed by atoms with van der Waals surface area (Å²) in [4.78, 5) is 5.78. The third-order valence-corrected chi connectivity index (χ3v) is 5.61. The maximum absolute atomic E-state index is 4.42. The number of fused-ring (bicyclic) bond motifs is 1. The van der Waals surface area contributed by atoms with Crippen LogP contribution in [0.4, 0.5) is 0 Å². The molecule has 0 fully saturated rings. The van der Waals surface area contributed by atoms with Gasteiger partial charge >= 0.3 is 0 Å². The molecular weight excluding hydrogens is 258 g/mol. The van der Waals surface area contributed by atoms with E-state index in [0.717, 1.165) is 6.42 Å². The largest absolute Gasteiger partial charge is 0.248 e. The summed E-state index contributed by atoms with van der Waals surface area (Å²) in [7, 11) is 0. The minimum atomic E-state index is 1.04. The Morgan fingerprint density at radius 1 is 1.22 bits per heavy atom. The number of thiazole rings is 1. The molecule has 18 heavy (non-hydrogen) atoms. The Kier molecular flexibility index (Phi) is 3.71. The lowest BCUT2D eigenvalue weighted by Crippen LogP contribution is -2.01. The van der Waals surface area contributed by atoms with Gasteiger partial charge in [-0.15, -0.1) is 11.3 Å². The van der Waals surface area contributed by atoms with E-state index in [9.17, 15) is 0 Å². The lowest BCUT2D eigenvalue weighted by Gasteiger charge is -2.16. The predicted molar refractivity (Wildman–Crippen MR) is 78.7 cm³/mol. The molecule has 0 saturated carbocycles. The summed E-state index contributed by atoms with van der Waals surface area (Å²) in [6.45, 7) is 2.16. The van der Waals surface area contributed by atoms with Crippen LogP contribution in [-0.2, 0) is 19.3 Å². The highest BCUT2D eigenvalue weighted by molar-refractivity contribution is 8.01. The molecule has 94 valence electrons. The van der Waals surface area contributed by atoms with E-state index in [1.165, 1.54) is 39.8 Å². The first kappa shape index (κ1) is 12.2. The number of aryl methyl sites for hydroxylation is 3. The summed E-state index contributed by atoms with van der Waals surface area (Å²) in [5.74, 6) is 0. The van der Waals surface area contributed by atoms with Gasteiger partial charge in [-0.05, 0) is 55.4 Å². The van der Waals surface area contributed by atoms with Crippen LogP contribution in [0.2, 0.25) is 0 Å². The van der Waals surface area contributed by atoms with Crippen LogP contribution in [-0.4, -0.2) is 4.98 Å². The topological polar surface area (TPSA) is 12.9 Å². The molecule has 0 N–H and O–H groups in total. The molecule has 1 aromatic heterocycles. The number of nitrogens with zero attached hydrogens (tertiary/aromatic N) is 1. The fourth-order valence-electron chi connectivity index (χ4n) is 2.39. The fraction of sp³-hybridized carbons (Fsp3) is 0.400. The van der Waals surface area contributed by atoms with Crippen molar-refractivity contribution in [2.75, 3.05) is 0 Å². The van der Waals surface area contributed by atoms with Gasteiger partial charge in [0.05, 0.1) is 15.4 Å². The lowest BCUT2D eigenvalue weighted by molar-refractivity contribution is 0.683. The Bertz CT molecular complexity index is 545.